The zero-order valence-corrected chi connectivity index (χ0v) is 16.7. The van der Waals surface area contributed by atoms with Gasteiger partial charge in [-0.25, -0.2) is 4.68 Å². The second kappa shape index (κ2) is 8.35. The average Bonchev–Trinajstić information content (AvgIpc) is 3.52. The molecular formula is C24H25N3O2. The Balaban J connectivity index is 1.68. The van der Waals surface area contributed by atoms with Gasteiger partial charge in [-0.3, -0.25) is 4.79 Å². The quantitative estimate of drug-likeness (QED) is 0.608. The van der Waals surface area contributed by atoms with Crippen LogP contribution >= 0.6 is 0 Å². The molecule has 0 aliphatic heterocycles. The Morgan fingerprint density at radius 1 is 1.17 bits per heavy atom. The number of methoxy groups -OCH3 is 1. The summed E-state index contributed by atoms with van der Waals surface area (Å²) < 4.78 is 7.35. The van der Waals surface area contributed by atoms with Crippen molar-refractivity contribution in [2.45, 2.75) is 25.8 Å². The second-order valence-electron chi connectivity index (χ2n) is 7.38. The molecule has 4 rings (SSSR count). The third-order valence-corrected chi connectivity index (χ3v) is 5.24. The van der Waals surface area contributed by atoms with Gasteiger partial charge < -0.3 is 10.1 Å². The number of aromatic nitrogens is 2. The van der Waals surface area contributed by atoms with Crippen molar-refractivity contribution >= 4 is 12.0 Å². The van der Waals surface area contributed by atoms with Gasteiger partial charge in [0.05, 0.1) is 12.8 Å². The molecule has 1 N–H and O–H groups in total. The van der Waals surface area contributed by atoms with E-state index in [2.05, 4.69) is 12.2 Å². The summed E-state index contributed by atoms with van der Waals surface area (Å²) in [5.74, 6) is 1.28. The third kappa shape index (κ3) is 4.40. The van der Waals surface area contributed by atoms with Crippen molar-refractivity contribution in [1.29, 1.82) is 0 Å². The predicted molar refractivity (Wildman–Crippen MR) is 115 cm³/mol. The predicted octanol–water partition coefficient (Wildman–Crippen LogP) is 4.48. The largest absolute Gasteiger partial charge is 0.496 e. The summed E-state index contributed by atoms with van der Waals surface area (Å²) in [4.78, 5) is 12.4. The van der Waals surface area contributed by atoms with Gasteiger partial charge in [-0.05, 0) is 56.0 Å². The lowest BCUT2D eigenvalue weighted by molar-refractivity contribution is -0.117. The molecular weight excluding hydrogens is 362 g/mol. The Bertz CT molecular complexity index is 1020. The van der Waals surface area contributed by atoms with E-state index in [1.807, 2.05) is 71.6 Å². The number of ether oxygens (including phenoxy) is 1. The first-order valence-corrected chi connectivity index (χ1v) is 9.93. The minimum atomic E-state index is -0.0807. The Hall–Kier alpha value is -3.34. The van der Waals surface area contributed by atoms with Crippen LogP contribution in [0, 0.1) is 5.92 Å². The molecule has 5 nitrogen and oxygen atoms in total. The molecule has 5 heteroatoms. The topological polar surface area (TPSA) is 56.2 Å². The van der Waals surface area contributed by atoms with E-state index in [1.165, 1.54) is 12.8 Å². The number of benzene rings is 2. The molecule has 0 radical (unpaired) electrons. The van der Waals surface area contributed by atoms with Gasteiger partial charge in [-0.15, -0.1) is 0 Å². The summed E-state index contributed by atoms with van der Waals surface area (Å²) in [5, 5.41) is 7.84. The van der Waals surface area contributed by atoms with Gasteiger partial charge in [0, 0.05) is 29.4 Å². The number of nitrogens with one attached hydrogen (secondary N) is 1. The van der Waals surface area contributed by atoms with E-state index in [9.17, 15) is 4.79 Å². The summed E-state index contributed by atoms with van der Waals surface area (Å²) in [6.45, 7) is 2.07. The van der Waals surface area contributed by atoms with Gasteiger partial charge in [-0.2, -0.15) is 5.10 Å². The number of rotatable bonds is 7. The van der Waals surface area contributed by atoms with Crippen LogP contribution in [0.4, 0.5) is 0 Å². The van der Waals surface area contributed by atoms with Crippen LogP contribution in [-0.4, -0.2) is 28.8 Å². The molecule has 1 atom stereocenters. The van der Waals surface area contributed by atoms with E-state index in [1.54, 1.807) is 13.2 Å². The molecule has 3 aromatic rings. The Labute approximate surface area is 171 Å². The van der Waals surface area contributed by atoms with Gasteiger partial charge in [0.1, 0.15) is 11.4 Å². The molecule has 148 valence electrons. The molecule has 1 fully saturated rings. The Kier molecular flexibility index (Phi) is 5.47. The zero-order chi connectivity index (χ0) is 20.2. The van der Waals surface area contributed by atoms with Crippen molar-refractivity contribution in [3.63, 3.8) is 0 Å². The lowest BCUT2D eigenvalue weighted by Gasteiger charge is -2.10. The first-order chi connectivity index (χ1) is 14.2. The number of nitrogens with zero attached hydrogens (tertiary/aromatic N) is 2. The van der Waals surface area contributed by atoms with Gasteiger partial charge in [0.25, 0.3) is 0 Å². The Morgan fingerprint density at radius 2 is 1.90 bits per heavy atom. The SMILES string of the molecule is COc1ccccc1-c1nn(-c2ccccc2)cc1/C=C/C(=O)N[C@H](C)C1CC1. The normalized spacial score (nSPS) is 14.7. The van der Waals surface area contributed by atoms with Crippen LogP contribution in [-0.2, 0) is 4.79 Å². The van der Waals surface area contributed by atoms with Crippen LogP contribution in [0.2, 0.25) is 0 Å². The molecule has 2 aromatic carbocycles. The summed E-state index contributed by atoms with van der Waals surface area (Å²) in [6.07, 6.45) is 7.75. The van der Waals surface area contributed by atoms with E-state index in [0.29, 0.717) is 5.92 Å². The summed E-state index contributed by atoms with van der Waals surface area (Å²) in [5.41, 5.74) is 3.46. The summed E-state index contributed by atoms with van der Waals surface area (Å²) in [7, 11) is 1.65. The number of amides is 1. The van der Waals surface area contributed by atoms with E-state index in [-0.39, 0.29) is 11.9 Å². The van der Waals surface area contributed by atoms with Gasteiger partial charge in [0.2, 0.25) is 5.91 Å². The lowest BCUT2D eigenvalue weighted by atomic mass is 10.1. The molecule has 1 amide bonds. The number of para-hydroxylation sites is 2. The fourth-order valence-electron chi connectivity index (χ4n) is 3.42. The van der Waals surface area contributed by atoms with Gasteiger partial charge in [0.15, 0.2) is 0 Å². The van der Waals surface area contributed by atoms with Crippen LogP contribution in [0.15, 0.2) is 66.9 Å². The van der Waals surface area contributed by atoms with Crippen LogP contribution in [0.1, 0.15) is 25.3 Å². The number of carbonyl (C=O) groups excluding carboxylic acids is 1. The van der Waals surface area contributed by atoms with Crippen LogP contribution in [0.3, 0.4) is 0 Å². The van der Waals surface area contributed by atoms with Crippen molar-refractivity contribution in [1.82, 2.24) is 15.1 Å². The summed E-state index contributed by atoms with van der Waals surface area (Å²) in [6, 6.07) is 17.9. The molecule has 0 spiro atoms. The summed E-state index contributed by atoms with van der Waals surface area (Å²) >= 11 is 0. The second-order valence-corrected chi connectivity index (χ2v) is 7.38. The number of hydrogen-bond donors (Lipinski definition) is 1. The van der Waals surface area contributed by atoms with Gasteiger partial charge in [-0.1, -0.05) is 30.3 Å². The standard InChI is InChI=1S/C24H25N3O2/c1-17(18-12-13-18)25-23(28)15-14-19-16-27(20-8-4-3-5-9-20)26-24(19)21-10-6-7-11-22(21)29-2/h3-11,14-18H,12-13H2,1-2H3,(H,25,28)/b15-14+/t17-/m1/s1. The zero-order valence-electron chi connectivity index (χ0n) is 16.7. The molecule has 1 heterocycles. The molecule has 1 aromatic heterocycles. The number of hydrogen-bond acceptors (Lipinski definition) is 3. The maximum absolute atomic E-state index is 12.4. The Morgan fingerprint density at radius 3 is 2.62 bits per heavy atom. The number of carbonyl (C=O) groups is 1. The highest BCUT2D eigenvalue weighted by molar-refractivity contribution is 5.93. The van der Waals surface area contributed by atoms with Crippen LogP contribution < -0.4 is 10.1 Å². The van der Waals surface area contributed by atoms with Crippen molar-refractivity contribution in [3.8, 4) is 22.7 Å². The van der Waals surface area contributed by atoms with E-state index >= 15 is 0 Å². The lowest BCUT2D eigenvalue weighted by Crippen LogP contribution is -2.32. The maximum atomic E-state index is 12.4. The fraction of sp³-hybridized carbons (Fsp3) is 0.250. The molecule has 0 unspecified atom stereocenters. The highest BCUT2D eigenvalue weighted by atomic mass is 16.5. The molecule has 1 aliphatic rings. The molecule has 0 saturated heterocycles. The van der Waals surface area contributed by atoms with Crippen LogP contribution in [0.25, 0.3) is 23.0 Å². The third-order valence-electron chi connectivity index (χ3n) is 5.24. The smallest absolute Gasteiger partial charge is 0.244 e. The first kappa shape index (κ1) is 19.0. The van der Waals surface area contributed by atoms with Crippen molar-refractivity contribution < 1.29 is 9.53 Å². The fourth-order valence-corrected chi connectivity index (χ4v) is 3.42. The van der Waals surface area contributed by atoms with Crippen molar-refractivity contribution in [3.05, 3.63) is 72.4 Å². The molecule has 1 aliphatic carbocycles. The van der Waals surface area contributed by atoms with Crippen LogP contribution in [0.5, 0.6) is 5.75 Å². The van der Waals surface area contributed by atoms with Crippen molar-refractivity contribution in [2.75, 3.05) is 7.11 Å². The monoisotopic (exact) mass is 387 g/mol. The molecule has 1 saturated carbocycles. The molecule has 0 bridgehead atoms. The van der Waals surface area contributed by atoms with Crippen molar-refractivity contribution in [2.24, 2.45) is 5.92 Å². The average molecular weight is 387 g/mol. The molecule has 29 heavy (non-hydrogen) atoms. The van der Waals surface area contributed by atoms with E-state index in [0.717, 1.165) is 28.3 Å². The highest BCUT2D eigenvalue weighted by Crippen LogP contribution is 2.33. The minimum Gasteiger partial charge on any atom is -0.496 e. The van der Waals surface area contributed by atoms with E-state index in [4.69, 9.17) is 9.84 Å². The minimum absolute atomic E-state index is 0.0807. The van der Waals surface area contributed by atoms with E-state index < -0.39 is 0 Å². The van der Waals surface area contributed by atoms with Gasteiger partial charge >= 0.3 is 0 Å². The highest BCUT2D eigenvalue weighted by Gasteiger charge is 2.28. The maximum Gasteiger partial charge on any atom is 0.244 e. The first-order valence-electron chi connectivity index (χ1n) is 9.93.